The summed E-state index contributed by atoms with van der Waals surface area (Å²) in [6, 6.07) is 11.7. The topological polar surface area (TPSA) is 57.8 Å². The van der Waals surface area contributed by atoms with Crippen molar-refractivity contribution in [1.82, 2.24) is 5.32 Å². The van der Waals surface area contributed by atoms with Gasteiger partial charge in [0, 0.05) is 25.2 Å². The largest absolute Gasteiger partial charge is 0.441 e. The Balaban J connectivity index is 1.50. The monoisotopic (exact) mass is 353 g/mol. The molecule has 6 heteroatoms. The Morgan fingerprint density at radius 1 is 1.16 bits per heavy atom. The Morgan fingerprint density at radius 3 is 2.68 bits per heavy atom. The number of amides is 1. The molecule has 0 atom stereocenters. The Labute approximate surface area is 150 Å². The van der Waals surface area contributed by atoms with E-state index in [0.29, 0.717) is 15.8 Å². The lowest BCUT2D eigenvalue weighted by molar-refractivity contribution is -0.115. The number of carbonyl (C=O) groups excluding carboxylic acids is 1. The number of aryl methyl sites for hydroxylation is 1. The molecule has 2 aromatic rings. The second-order valence-corrected chi connectivity index (χ2v) is 7.22. The van der Waals surface area contributed by atoms with Crippen LogP contribution in [-0.2, 0) is 4.79 Å². The molecule has 3 heterocycles. The van der Waals surface area contributed by atoms with E-state index in [1.165, 1.54) is 30.2 Å². The fourth-order valence-electron chi connectivity index (χ4n) is 2.87. The van der Waals surface area contributed by atoms with E-state index in [1.807, 2.05) is 43.3 Å². The Morgan fingerprint density at radius 2 is 1.92 bits per heavy atom. The van der Waals surface area contributed by atoms with Gasteiger partial charge in [0.15, 0.2) is 11.1 Å². The average Bonchev–Trinajstić information content (AvgIpc) is 3.32. The van der Waals surface area contributed by atoms with Crippen LogP contribution in [0.25, 0.3) is 6.08 Å². The van der Waals surface area contributed by atoms with Crippen molar-refractivity contribution in [2.24, 2.45) is 4.99 Å². The molecule has 4 rings (SSSR count). The van der Waals surface area contributed by atoms with Crippen LogP contribution in [0.15, 0.2) is 50.7 Å². The third-order valence-corrected chi connectivity index (χ3v) is 5.13. The summed E-state index contributed by atoms with van der Waals surface area (Å²) >= 11 is 1.33. The van der Waals surface area contributed by atoms with Gasteiger partial charge in [-0.05, 0) is 49.7 Å². The van der Waals surface area contributed by atoms with E-state index in [-0.39, 0.29) is 5.91 Å². The number of carbonyl (C=O) groups is 1. The predicted octanol–water partition coefficient (Wildman–Crippen LogP) is 4.08. The van der Waals surface area contributed by atoms with Gasteiger partial charge in [-0.2, -0.15) is 0 Å². The number of amidine groups is 1. The maximum atomic E-state index is 12.2. The average molecular weight is 353 g/mol. The molecule has 2 aliphatic rings. The van der Waals surface area contributed by atoms with Gasteiger partial charge in [0.25, 0.3) is 5.91 Å². The summed E-state index contributed by atoms with van der Waals surface area (Å²) in [6.45, 7) is 4.10. The highest BCUT2D eigenvalue weighted by atomic mass is 32.2. The molecule has 128 valence electrons. The second kappa shape index (κ2) is 6.80. The first-order valence-electron chi connectivity index (χ1n) is 8.38. The van der Waals surface area contributed by atoms with E-state index in [9.17, 15) is 4.79 Å². The van der Waals surface area contributed by atoms with Crippen LogP contribution in [-0.4, -0.2) is 24.2 Å². The third-order valence-electron chi connectivity index (χ3n) is 4.22. The van der Waals surface area contributed by atoms with Gasteiger partial charge in [-0.3, -0.25) is 4.79 Å². The summed E-state index contributed by atoms with van der Waals surface area (Å²) in [5.41, 5.74) is 2.00. The molecule has 1 amide bonds. The van der Waals surface area contributed by atoms with Crippen LogP contribution in [0.4, 0.5) is 11.6 Å². The van der Waals surface area contributed by atoms with Gasteiger partial charge >= 0.3 is 0 Å². The maximum absolute atomic E-state index is 12.2. The fraction of sp³-hybridized carbons (Fsp3) is 0.263. The molecule has 1 N–H and O–H groups in total. The van der Waals surface area contributed by atoms with Gasteiger partial charge in [-0.25, -0.2) is 4.99 Å². The van der Waals surface area contributed by atoms with Gasteiger partial charge in [-0.15, -0.1) is 0 Å². The van der Waals surface area contributed by atoms with E-state index in [0.717, 1.165) is 24.7 Å². The Hall–Kier alpha value is -2.47. The lowest BCUT2D eigenvalue weighted by Gasteiger charge is -2.12. The van der Waals surface area contributed by atoms with Crippen LogP contribution < -0.4 is 10.2 Å². The molecule has 2 aliphatic heterocycles. The van der Waals surface area contributed by atoms with Gasteiger partial charge in [0.05, 0.1) is 10.6 Å². The Bertz CT molecular complexity index is 846. The molecule has 5 nitrogen and oxygen atoms in total. The van der Waals surface area contributed by atoms with Crippen LogP contribution >= 0.6 is 11.8 Å². The molecule has 0 radical (unpaired) electrons. The van der Waals surface area contributed by atoms with E-state index in [1.54, 1.807) is 6.08 Å². The molecule has 0 bridgehead atoms. The van der Waals surface area contributed by atoms with Crippen LogP contribution in [0.5, 0.6) is 0 Å². The number of thioether (sulfide) groups is 1. The summed E-state index contributed by atoms with van der Waals surface area (Å²) in [6.07, 6.45) is 4.18. The number of rotatable bonds is 3. The highest BCUT2D eigenvalue weighted by Gasteiger charge is 2.24. The minimum absolute atomic E-state index is 0.144. The van der Waals surface area contributed by atoms with Gasteiger partial charge in [0.1, 0.15) is 5.76 Å². The summed E-state index contributed by atoms with van der Waals surface area (Å²) in [5.74, 6) is 1.42. The number of anilines is 1. The molecule has 25 heavy (non-hydrogen) atoms. The molecule has 0 aliphatic carbocycles. The number of benzene rings is 1. The number of aliphatic imine (C=N–C) groups is 1. The van der Waals surface area contributed by atoms with Crippen molar-refractivity contribution in [3.63, 3.8) is 0 Å². The van der Waals surface area contributed by atoms with E-state index in [4.69, 9.17) is 4.42 Å². The number of furan rings is 1. The minimum Gasteiger partial charge on any atom is -0.441 e. The zero-order chi connectivity index (χ0) is 17.2. The van der Waals surface area contributed by atoms with Crippen molar-refractivity contribution in [2.45, 2.75) is 19.8 Å². The van der Waals surface area contributed by atoms with Crippen molar-refractivity contribution >= 4 is 40.5 Å². The lowest BCUT2D eigenvalue weighted by Crippen LogP contribution is -2.19. The first kappa shape index (κ1) is 16.0. The summed E-state index contributed by atoms with van der Waals surface area (Å²) in [4.78, 5) is 19.5. The number of hydrogen-bond acceptors (Lipinski definition) is 5. The Kier molecular flexibility index (Phi) is 4.36. The molecule has 2 fully saturated rings. The number of hydrogen-bond donors (Lipinski definition) is 1. The SMILES string of the molecule is Cc1ccc(N=C2NC(=O)/C(=C/c3ccc(N4CCCC4)o3)S2)cc1. The summed E-state index contributed by atoms with van der Waals surface area (Å²) < 4.78 is 5.86. The van der Waals surface area contributed by atoms with Crippen molar-refractivity contribution in [1.29, 1.82) is 0 Å². The van der Waals surface area contributed by atoms with Crippen LogP contribution in [0.1, 0.15) is 24.2 Å². The zero-order valence-electron chi connectivity index (χ0n) is 14.0. The zero-order valence-corrected chi connectivity index (χ0v) is 14.8. The third kappa shape index (κ3) is 3.64. The fourth-order valence-corrected chi connectivity index (χ4v) is 3.70. The first-order valence-corrected chi connectivity index (χ1v) is 9.20. The molecular weight excluding hydrogens is 334 g/mol. The van der Waals surface area contributed by atoms with Crippen LogP contribution in [0.2, 0.25) is 0 Å². The quantitative estimate of drug-likeness (QED) is 0.845. The molecule has 0 spiro atoms. The summed E-state index contributed by atoms with van der Waals surface area (Å²) in [5, 5.41) is 3.39. The van der Waals surface area contributed by atoms with E-state index in [2.05, 4.69) is 15.2 Å². The first-order chi connectivity index (χ1) is 12.2. The maximum Gasteiger partial charge on any atom is 0.264 e. The predicted molar refractivity (Wildman–Crippen MR) is 102 cm³/mol. The van der Waals surface area contributed by atoms with Crippen LogP contribution in [0.3, 0.4) is 0 Å². The lowest BCUT2D eigenvalue weighted by atomic mass is 10.2. The highest BCUT2D eigenvalue weighted by Crippen LogP contribution is 2.30. The molecular formula is C19H19N3O2S. The second-order valence-electron chi connectivity index (χ2n) is 6.19. The van der Waals surface area contributed by atoms with Crippen molar-refractivity contribution in [2.75, 3.05) is 18.0 Å². The minimum atomic E-state index is -0.144. The van der Waals surface area contributed by atoms with Crippen molar-refractivity contribution < 1.29 is 9.21 Å². The van der Waals surface area contributed by atoms with Gasteiger partial charge < -0.3 is 14.6 Å². The molecule has 1 aromatic heterocycles. The summed E-state index contributed by atoms with van der Waals surface area (Å²) in [7, 11) is 0. The highest BCUT2D eigenvalue weighted by molar-refractivity contribution is 8.18. The molecule has 1 aromatic carbocycles. The number of nitrogens with one attached hydrogen (secondary N) is 1. The van der Waals surface area contributed by atoms with Crippen LogP contribution in [0, 0.1) is 6.92 Å². The normalized spacial score (nSPS) is 20.7. The molecule has 0 unspecified atom stereocenters. The van der Waals surface area contributed by atoms with Crippen molar-refractivity contribution in [3.8, 4) is 0 Å². The van der Waals surface area contributed by atoms with Crippen molar-refractivity contribution in [3.05, 3.63) is 52.6 Å². The molecule has 0 saturated carbocycles. The van der Waals surface area contributed by atoms with E-state index >= 15 is 0 Å². The smallest absolute Gasteiger partial charge is 0.264 e. The molecule has 2 saturated heterocycles. The van der Waals surface area contributed by atoms with Gasteiger partial charge in [-0.1, -0.05) is 17.7 Å². The standard InChI is InChI=1S/C19H19N3O2S/c1-13-4-6-14(7-5-13)20-19-21-18(23)16(25-19)12-15-8-9-17(24-15)22-10-2-3-11-22/h4-9,12H,2-3,10-11H2,1H3,(H,20,21,23)/b16-12-. The van der Waals surface area contributed by atoms with Gasteiger partial charge in [0.2, 0.25) is 0 Å². The number of nitrogens with zero attached hydrogens (tertiary/aromatic N) is 2. The van der Waals surface area contributed by atoms with E-state index < -0.39 is 0 Å².